The van der Waals surface area contributed by atoms with Crippen molar-refractivity contribution in [2.24, 2.45) is 7.05 Å². The van der Waals surface area contributed by atoms with Crippen molar-refractivity contribution in [3.63, 3.8) is 0 Å². The van der Waals surface area contributed by atoms with Crippen molar-refractivity contribution in [3.8, 4) is 5.75 Å². The number of anilines is 1. The fourth-order valence-electron chi connectivity index (χ4n) is 1.85. The first-order valence-corrected chi connectivity index (χ1v) is 7.13. The van der Waals surface area contributed by atoms with Crippen LogP contribution in [0.15, 0.2) is 24.4 Å². The molecule has 0 unspecified atom stereocenters. The molecular formula is C15H20ClN3O. The first kappa shape index (κ1) is 14.7. The zero-order valence-electron chi connectivity index (χ0n) is 12.1. The Labute approximate surface area is 124 Å². The molecule has 5 heteroatoms. The topological polar surface area (TPSA) is 39.1 Å². The van der Waals surface area contributed by atoms with E-state index in [0.29, 0.717) is 11.6 Å². The fraction of sp³-hybridized carbons (Fsp3) is 0.400. The standard InChI is InChI=1S/C15H20ClN3O/c1-4-7-20-15-6-5-13(8-14(15)16)17-9-12-10-18-19(3)11(12)2/h5-6,8,10,17H,4,7,9H2,1-3H3. The molecule has 0 aliphatic heterocycles. The van der Waals surface area contributed by atoms with Gasteiger partial charge < -0.3 is 10.1 Å². The van der Waals surface area contributed by atoms with Gasteiger partial charge in [-0.2, -0.15) is 5.10 Å². The maximum atomic E-state index is 6.20. The molecule has 0 aliphatic carbocycles. The van der Waals surface area contributed by atoms with Crippen molar-refractivity contribution in [2.45, 2.75) is 26.8 Å². The molecule has 0 fully saturated rings. The number of rotatable bonds is 6. The zero-order chi connectivity index (χ0) is 14.5. The minimum atomic E-state index is 0.631. The zero-order valence-corrected chi connectivity index (χ0v) is 12.9. The molecule has 1 aromatic heterocycles. The van der Waals surface area contributed by atoms with Gasteiger partial charge in [0.15, 0.2) is 0 Å². The van der Waals surface area contributed by atoms with E-state index in [1.54, 1.807) is 0 Å². The molecule has 108 valence electrons. The Morgan fingerprint density at radius 1 is 1.40 bits per heavy atom. The minimum Gasteiger partial charge on any atom is -0.492 e. The molecule has 20 heavy (non-hydrogen) atoms. The number of hydrogen-bond donors (Lipinski definition) is 1. The summed E-state index contributed by atoms with van der Waals surface area (Å²) in [6.07, 6.45) is 2.85. The summed E-state index contributed by atoms with van der Waals surface area (Å²) in [5.41, 5.74) is 3.31. The third-order valence-corrected chi connectivity index (χ3v) is 3.51. The van der Waals surface area contributed by atoms with Gasteiger partial charge in [-0.15, -0.1) is 0 Å². The van der Waals surface area contributed by atoms with Crippen LogP contribution >= 0.6 is 11.6 Å². The largest absolute Gasteiger partial charge is 0.492 e. The number of ether oxygens (including phenoxy) is 1. The van der Waals surface area contributed by atoms with Crippen molar-refractivity contribution in [1.82, 2.24) is 9.78 Å². The lowest BCUT2D eigenvalue weighted by molar-refractivity contribution is 0.317. The van der Waals surface area contributed by atoms with Crippen molar-refractivity contribution in [3.05, 3.63) is 40.7 Å². The summed E-state index contributed by atoms with van der Waals surface area (Å²) in [6.45, 7) is 5.53. The normalized spacial score (nSPS) is 10.6. The average molecular weight is 294 g/mol. The van der Waals surface area contributed by atoms with E-state index in [9.17, 15) is 0 Å². The van der Waals surface area contributed by atoms with Gasteiger partial charge in [-0.25, -0.2) is 0 Å². The predicted octanol–water partition coefficient (Wildman–Crippen LogP) is 3.78. The van der Waals surface area contributed by atoms with Crippen LogP contribution in [0.5, 0.6) is 5.75 Å². The van der Waals surface area contributed by atoms with Crippen LogP contribution in [0.25, 0.3) is 0 Å². The number of benzene rings is 1. The quantitative estimate of drug-likeness (QED) is 0.881. The van der Waals surface area contributed by atoms with Crippen LogP contribution in [0, 0.1) is 6.92 Å². The lowest BCUT2D eigenvalue weighted by Crippen LogP contribution is -2.02. The third-order valence-electron chi connectivity index (χ3n) is 3.21. The van der Waals surface area contributed by atoms with Gasteiger partial charge in [0.05, 0.1) is 17.8 Å². The van der Waals surface area contributed by atoms with Gasteiger partial charge in [0.2, 0.25) is 0 Å². The Bertz CT molecular complexity index is 580. The number of halogens is 1. The minimum absolute atomic E-state index is 0.631. The summed E-state index contributed by atoms with van der Waals surface area (Å²) in [5.74, 6) is 0.733. The predicted molar refractivity (Wildman–Crippen MR) is 82.5 cm³/mol. The second kappa shape index (κ2) is 6.66. The summed E-state index contributed by atoms with van der Waals surface area (Å²) < 4.78 is 7.42. The van der Waals surface area contributed by atoms with Crippen molar-refractivity contribution in [1.29, 1.82) is 0 Å². The van der Waals surface area contributed by atoms with E-state index in [4.69, 9.17) is 16.3 Å². The molecule has 1 N–H and O–H groups in total. The second-order valence-electron chi connectivity index (χ2n) is 4.73. The molecule has 0 saturated carbocycles. The van der Waals surface area contributed by atoms with E-state index >= 15 is 0 Å². The summed E-state index contributed by atoms with van der Waals surface area (Å²) >= 11 is 6.20. The number of nitrogens with zero attached hydrogens (tertiary/aromatic N) is 2. The molecule has 0 amide bonds. The van der Waals surface area contributed by atoms with Crippen LogP contribution in [0.2, 0.25) is 5.02 Å². The fourth-order valence-corrected chi connectivity index (χ4v) is 2.09. The third kappa shape index (κ3) is 3.45. The number of aryl methyl sites for hydroxylation is 1. The molecule has 1 aromatic carbocycles. The van der Waals surface area contributed by atoms with E-state index in [1.807, 2.05) is 36.1 Å². The molecule has 0 atom stereocenters. The highest BCUT2D eigenvalue weighted by Crippen LogP contribution is 2.28. The van der Waals surface area contributed by atoms with Gasteiger partial charge in [-0.1, -0.05) is 18.5 Å². The maximum absolute atomic E-state index is 6.20. The molecule has 0 bridgehead atoms. The molecule has 2 rings (SSSR count). The second-order valence-corrected chi connectivity index (χ2v) is 5.13. The van der Waals surface area contributed by atoms with Gasteiger partial charge in [-0.05, 0) is 31.5 Å². The van der Waals surface area contributed by atoms with Crippen LogP contribution in [0.4, 0.5) is 5.69 Å². The Balaban J connectivity index is 2.00. The van der Waals surface area contributed by atoms with Gasteiger partial charge in [0.25, 0.3) is 0 Å². The van der Waals surface area contributed by atoms with E-state index in [1.165, 1.54) is 5.56 Å². The van der Waals surface area contributed by atoms with E-state index in [2.05, 4.69) is 24.3 Å². The highest BCUT2D eigenvalue weighted by atomic mass is 35.5. The van der Waals surface area contributed by atoms with Crippen molar-refractivity contribution < 1.29 is 4.74 Å². The van der Waals surface area contributed by atoms with Crippen LogP contribution in [-0.2, 0) is 13.6 Å². The van der Waals surface area contributed by atoms with Crippen LogP contribution in [0.1, 0.15) is 24.6 Å². The molecule has 2 aromatic rings. The molecule has 4 nitrogen and oxygen atoms in total. The molecule has 0 radical (unpaired) electrons. The molecular weight excluding hydrogens is 274 g/mol. The average Bonchev–Trinajstić information content (AvgIpc) is 2.75. The van der Waals surface area contributed by atoms with Gasteiger partial charge >= 0.3 is 0 Å². The number of hydrogen-bond acceptors (Lipinski definition) is 3. The molecule has 0 spiro atoms. The van der Waals surface area contributed by atoms with Gasteiger partial charge in [-0.3, -0.25) is 4.68 Å². The SMILES string of the molecule is CCCOc1ccc(NCc2cnn(C)c2C)cc1Cl. The number of nitrogens with one attached hydrogen (secondary N) is 1. The Kier molecular flexibility index (Phi) is 4.90. The lowest BCUT2D eigenvalue weighted by Gasteiger charge is -2.10. The first-order chi connectivity index (χ1) is 9.61. The highest BCUT2D eigenvalue weighted by molar-refractivity contribution is 6.32. The summed E-state index contributed by atoms with van der Waals surface area (Å²) in [7, 11) is 1.94. The summed E-state index contributed by atoms with van der Waals surface area (Å²) in [5, 5.41) is 8.20. The van der Waals surface area contributed by atoms with Crippen molar-refractivity contribution in [2.75, 3.05) is 11.9 Å². The maximum Gasteiger partial charge on any atom is 0.138 e. The van der Waals surface area contributed by atoms with Gasteiger partial charge in [0, 0.05) is 30.5 Å². The summed E-state index contributed by atoms with van der Waals surface area (Å²) in [6, 6.07) is 5.76. The Morgan fingerprint density at radius 3 is 2.80 bits per heavy atom. The van der Waals surface area contributed by atoms with Gasteiger partial charge in [0.1, 0.15) is 5.75 Å². The Hall–Kier alpha value is -1.68. The van der Waals surface area contributed by atoms with Crippen LogP contribution in [-0.4, -0.2) is 16.4 Å². The molecule has 0 aliphatic rings. The number of aromatic nitrogens is 2. The lowest BCUT2D eigenvalue weighted by atomic mass is 10.2. The van der Waals surface area contributed by atoms with Crippen molar-refractivity contribution >= 4 is 17.3 Å². The van der Waals surface area contributed by atoms with Crippen LogP contribution < -0.4 is 10.1 Å². The molecule has 0 saturated heterocycles. The first-order valence-electron chi connectivity index (χ1n) is 6.75. The van der Waals surface area contributed by atoms with Crippen LogP contribution in [0.3, 0.4) is 0 Å². The monoisotopic (exact) mass is 293 g/mol. The highest BCUT2D eigenvalue weighted by Gasteiger charge is 2.05. The Morgan fingerprint density at radius 2 is 2.20 bits per heavy atom. The van der Waals surface area contributed by atoms with E-state index < -0.39 is 0 Å². The molecule has 1 heterocycles. The van der Waals surface area contributed by atoms with E-state index in [0.717, 1.165) is 30.1 Å². The van der Waals surface area contributed by atoms with E-state index in [-0.39, 0.29) is 0 Å². The summed E-state index contributed by atoms with van der Waals surface area (Å²) in [4.78, 5) is 0. The smallest absolute Gasteiger partial charge is 0.138 e.